The number of hydrogen-bond acceptors (Lipinski definition) is 7. The Morgan fingerprint density at radius 2 is 1.74 bits per heavy atom. The Kier molecular flexibility index (Phi) is 5.10. The molecule has 0 aliphatic heterocycles. The van der Waals surface area contributed by atoms with Crippen molar-refractivity contribution in [3.8, 4) is 11.8 Å². The highest BCUT2D eigenvalue weighted by atomic mass is 16.5. The maximum Gasteiger partial charge on any atom is 0.328 e. The molecule has 7 nitrogen and oxygen atoms in total. The minimum absolute atomic E-state index is 0.182. The first-order chi connectivity index (χ1) is 10.9. The summed E-state index contributed by atoms with van der Waals surface area (Å²) in [7, 11) is 0. The number of carbonyl (C=O) groups excluding carboxylic acids is 1. The van der Waals surface area contributed by atoms with E-state index in [1.807, 2.05) is 27.7 Å². The van der Waals surface area contributed by atoms with Crippen LogP contribution in [0, 0.1) is 0 Å². The fourth-order valence-corrected chi connectivity index (χ4v) is 1.75. The Hall–Kier alpha value is -2.70. The molecule has 122 valence electrons. The van der Waals surface area contributed by atoms with Crippen molar-refractivity contribution in [2.24, 2.45) is 0 Å². The highest BCUT2D eigenvalue weighted by Gasteiger charge is 2.14. The van der Waals surface area contributed by atoms with Crippen molar-refractivity contribution in [1.82, 2.24) is 15.0 Å². The van der Waals surface area contributed by atoms with E-state index in [1.54, 1.807) is 24.3 Å². The van der Waals surface area contributed by atoms with Gasteiger partial charge in [0.2, 0.25) is 11.9 Å². The lowest BCUT2D eigenvalue weighted by Crippen LogP contribution is -2.27. The molecule has 2 aromatic rings. The van der Waals surface area contributed by atoms with E-state index in [0.717, 1.165) is 6.29 Å². The van der Waals surface area contributed by atoms with E-state index < -0.39 is 0 Å². The zero-order chi connectivity index (χ0) is 16.9. The van der Waals surface area contributed by atoms with Crippen LogP contribution in [0.2, 0.25) is 0 Å². The monoisotopic (exact) mass is 315 g/mol. The molecule has 0 aliphatic carbocycles. The zero-order valence-corrected chi connectivity index (χ0v) is 13.8. The number of nitrogens with zero attached hydrogens (tertiary/aromatic N) is 3. The Morgan fingerprint density at radius 1 is 1.09 bits per heavy atom. The number of nitrogens with one attached hydrogen (secondary N) is 2. The average molecular weight is 315 g/mol. The van der Waals surface area contributed by atoms with E-state index in [-0.39, 0.29) is 11.5 Å². The summed E-state index contributed by atoms with van der Waals surface area (Å²) in [6, 6.07) is 6.90. The largest absolute Gasteiger partial charge is 0.424 e. The van der Waals surface area contributed by atoms with E-state index in [9.17, 15) is 4.79 Å². The zero-order valence-electron chi connectivity index (χ0n) is 13.8. The van der Waals surface area contributed by atoms with Crippen LogP contribution in [0.3, 0.4) is 0 Å². The van der Waals surface area contributed by atoms with Gasteiger partial charge in [-0.05, 0) is 52.0 Å². The van der Waals surface area contributed by atoms with Gasteiger partial charge in [0.15, 0.2) is 0 Å². The summed E-state index contributed by atoms with van der Waals surface area (Å²) in [6.45, 7) is 8.69. The predicted molar refractivity (Wildman–Crippen MR) is 89.3 cm³/mol. The fraction of sp³-hybridized carbons (Fsp3) is 0.375. The maximum atomic E-state index is 10.7. The highest BCUT2D eigenvalue weighted by molar-refractivity contribution is 5.74. The molecular formula is C16H21N5O2. The van der Waals surface area contributed by atoms with Crippen LogP contribution in [0.1, 0.15) is 38.1 Å². The van der Waals surface area contributed by atoms with Crippen LogP contribution in [-0.4, -0.2) is 33.3 Å². The molecule has 7 heteroatoms. The van der Waals surface area contributed by atoms with Crippen LogP contribution in [0.5, 0.6) is 11.8 Å². The fourth-order valence-electron chi connectivity index (χ4n) is 1.75. The van der Waals surface area contributed by atoms with Crippen LogP contribution in [0.4, 0.5) is 11.9 Å². The Bertz CT molecular complexity index is 665. The van der Waals surface area contributed by atoms with Crippen molar-refractivity contribution in [1.29, 1.82) is 0 Å². The first-order valence-electron chi connectivity index (χ1n) is 7.41. The summed E-state index contributed by atoms with van der Waals surface area (Å²) in [5.74, 6) is 1.42. The second-order valence-electron chi connectivity index (χ2n) is 5.96. The van der Waals surface area contributed by atoms with Gasteiger partial charge in [0, 0.05) is 17.6 Å². The molecule has 0 saturated heterocycles. The molecule has 2 rings (SSSR count). The van der Waals surface area contributed by atoms with Crippen LogP contribution in [0.15, 0.2) is 24.3 Å². The van der Waals surface area contributed by atoms with Gasteiger partial charge in [0.05, 0.1) is 0 Å². The highest BCUT2D eigenvalue weighted by Crippen LogP contribution is 2.21. The summed E-state index contributed by atoms with van der Waals surface area (Å²) >= 11 is 0. The first-order valence-corrected chi connectivity index (χ1v) is 7.41. The third kappa shape index (κ3) is 5.21. The lowest BCUT2D eigenvalue weighted by atomic mass is 10.1. The molecule has 0 unspecified atom stereocenters. The number of hydrogen-bond donors (Lipinski definition) is 2. The standard InChI is InChI=1S/C16H21N5O2/c1-5-17-13-18-14(21-16(2,3)4)20-15(19-13)23-12-8-6-11(10-22)7-9-12/h6-10H,5H2,1-4H3,(H2,17,18,19,20,21). The van der Waals surface area contributed by atoms with Crippen LogP contribution >= 0.6 is 0 Å². The van der Waals surface area contributed by atoms with E-state index >= 15 is 0 Å². The van der Waals surface area contributed by atoms with Gasteiger partial charge < -0.3 is 15.4 Å². The Labute approximate surface area is 135 Å². The van der Waals surface area contributed by atoms with Gasteiger partial charge in [0.25, 0.3) is 0 Å². The van der Waals surface area contributed by atoms with Gasteiger partial charge in [-0.1, -0.05) is 0 Å². The van der Waals surface area contributed by atoms with Crippen molar-refractivity contribution in [3.63, 3.8) is 0 Å². The number of anilines is 2. The molecule has 1 heterocycles. The van der Waals surface area contributed by atoms with Gasteiger partial charge in [0.1, 0.15) is 12.0 Å². The topological polar surface area (TPSA) is 89.0 Å². The second kappa shape index (κ2) is 7.04. The van der Waals surface area contributed by atoms with Crippen LogP contribution in [0.25, 0.3) is 0 Å². The van der Waals surface area contributed by atoms with Gasteiger partial charge in [-0.3, -0.25) is 4.79 Å². The smallest absolute Gasteiger partial charge is 0.328 e. The lowest BCUT2D eigenvalue weighted by Gasteiger charge is -2.20. The minimum Gasteiger partial charge on any atom is -0.424 e. The Morgan fingerprint density at radius 3 is 2.30 bits per heavy atom. The molecule has 0 radical (unpaired) electrons. The van der Waals surface area contributed by atoms with E-state index in [4.69, 9.17) is 4.74 Å². The third-order valence-electron chi connectivity index (χ3n) is 2.66. The number of ether oxygens (including phenoxy) is 1. The Balaban J connectivity index is 2.26. The molecule has 0 fully saturated rings. The molecule has 2 N–H and O–H groups in total. The molecular weight excluding hydrogens is 294 g/mol. The molecule has 0 atom stereocenters. The quantitative estimate of drug-likeness (QED) is 0.792. The molecule has 1 aromatic carbocycles. The number of benzene rings is 1. The molecule has 23 heavy (non-hydrogen) atoms. The van der Waals surface area contributed by atoms with Crippen molar-refractivity contribution < 1.29 is 9.53 Å². The van der Waals surface area contributed by atoms with Crippen molar-refractivity contribution in [2.45, 2.75) is 33.2 Å². The molecule has 0 spiro atoms. The SMILES string of the molecule is CCNc1nc(NC(C)(C)C)nc(Oc2ccc(C=O)cc2)n1. The number of carbonyl (C=O) groups is 1. The molecule has 0 saturated carbocycles. The average Bonchev–Trinajstić information content (AvgIpc) is 2.46. The predicted octanol–water partition coefficient (Wildman–Crippen LogP) is 3.12. The summed E-state index contributed by atoms with van der Waals surface area (Å²) in [5.41, 5.74) is 0.393. The van der Waals surface area contributed by atoms with Crippen molar-refractivity contribution in [2.75, 3.05) is 17.2 Å². The van der Waals surface area contributed by atoms with E-state index in [0.29, 0.717) is 29.8 Å². The summed E-state index contributed by atoms with van der Waals surface area (Å²) < 4.78 is 5.66. The summed E-state index contributed by atoms with van der Waals surface area (Å²) in [4.78, 5) is 23.5. The van der Waals surface area contributed by atoms with Gasteiger partial charge >= 0.3 is 6.01 Å². The molecule has 0 amide bonds. The molecule has 0 aliphatic rings. The maximum absolute atomic E-state index is 10.7. The molecule has 0 bridgehead atoms. The third-order valence-corrected chi connectivity index (χ3v) is 2.66. The van der Waals surface area contributed by atoms with E-state index in [2.05, 4.69) is 25.6 Å². The van der Waals surface area contributed by atoms with Gasteiger partial charge in [-0.2, -0.15) is 15.0 Å². The lowest BCUT2D eigenvalue weighted by molar-refractivity contribution is 0.112. The van der Waals surface area contributed by atoms with Crippen molar-refractivity contribution in [3.05, 3.63) is 29.8 Å². The number of aldehydes is 1. The van der Waals surface area contributed by atoms with Crippen LogP contribution < -0.4 is 15.4 Å². The minimum atomic E-state index is -0.187. The summed E-state index contributed by atoms with van der Waals surface area (Å²) in [6.07, 6.45) is 0.779. The second-order valence-corrected chi connectivity index (χ2v) is 5.96. The first kappa shape index (κ1) is 16.7. The normalized spacial score (nSPS) is 11.0. The number of aromatic nitrogens is 3. The van der Waals surface area contributed by atoms with Crippen LogP contribution in [-0.2, 0) is 0 Å². The number of rotatable bonds is 6. The van der Waals surface area contributed by atoms with Crippen molar-refractivity contribution >= 4 is 18.2 Å². The van der Waals surface area contributed by atoms with Gasteiger partial charge in [-0.15, -0.1) is 0 Å². The van der Waals surface area contributed by atoms with Gasteiger partial charge in [-0.25, -0.2) is 0 Å². The molecule has 1 aromatic heterocycles. The van der Waals surface area contributed by atoms with E-state index in [1.165, 1.54) is 0 Å². The summed E-state index contributed by atoms with van der Waals surface area (Å²) in [5, 5.41) is 6.25.